The average molecular weight is 565 g/mol. The van der Waals surface area contributed by atoms with Crippen LogP contribution in [-0.2, 0) is 10.0 Å². The van der Waals surface area contributed by atoms with Crippen LogP contribution in [0.3, 0.4) is 0 Å². The molecule has 3 aromatic rings. The van der Waals surface area contributed by atoms with E-state index in [1.807, 2.05) is 81.4 Å². The minimum atomic E-state index is -3.58. The molecule has 4 rings (SSSR count). The first-order valence-corrected chi connectivity index (χ1v) is 17.0. The Labute approximate surface area is 235 Å². The summed E-state index contributed by atoms with van der Waals surface area (Å²) in [7, 11) is -4.55. The van der Waals surface area contributed by atoms with Crippen LogP contribution in [0.25, 0.3) is 0 Å². The summed E-state index contributed by atoms with van der Waals surface area (Å²) in [6.45, 7) is 5.89. The number of rotatable bonds is 11. The van der Waals surface area contributed by atoms with Crippen LogP contribution in [0, 0.1) is 11.8 Å². The molecule has 1 aliphatic rings. The number of hydrogen-bond donors (Lipinski definition) is 2. The second kappa shape index (κ2) is 13.7. The number of hydrogen-bond acceptors (Lipinski definition) is 3. The van der Waals surface area contributed by atoms with Gasteiger partial charge in [-0.05, 0) is 61.5 Å². The summed E-state index contributed by atoms with van der Waals surface area (Å²) in [4.78, 5) is 13.8. The lowest BCUT2D eigenvalue weighted by Crippen LogP contribution is -2.49. The van der Waals surface area contributed by atoms with Crippen molar-refractivity contribution >= 4 is 39.8 Å². The predicted molar refractivity (Wildman–Crippen MR) is 164 cm³/mol. The van der Waals surface area contributed by atoms with Gasteiger partial charge in [0.05, 0.1) is 5.75 Å². The standard InChI is InChI=1S/C32H41N2O3PS/c1-24(2)30(23-39(36,37)34-25(3)26-15-7-4-8-16-26)33-32(35)29-21-13-14-22-31(29)38(27-17-9-5-10-18-27)28-19-11-6-12-20-28/h5-6,9-14,17-22,24-26,30,34H,4,7-8,15-16,23H2,1-3H3,(H,33,35)/t25-,30-/m1/s1. The molecule has 208 valence electrons. The highest BCUT2D eigenvalue weighted by atomic mass is 32.2. The van der Waals surface area contributed by atoms with Crippen LogP contribution in [-0.4, -0.2) is 32.2 Å². The van der Waals surface area contributed by atoms with Gasteiger partial charge in [-0.25, -0.2) is 13.1 Å². The van der Waals surface area contributed by atoms with Crippen molar-refractivity contribution in [3.8, 4) is 0 Å². The maximum absolute atomic E-state index is 13.8. The molecule has 0 saturated heterocycles. The van der Waals surface area contributed by atoms with Crippen molar-refractivity contribution < 1.29 is 13.2 Å². The van der Waals surface area contributed by atoms with Crippen LogP contribution in [0.15, 0.2) is 84.9 Å². The molecule has 2 N–H and O–H groups in total. The molecule has 7 heteroatoms. The molecular formula is C32H41N2O3PS. The minimum absolute atomic E-state index is 0.0487. The summed E-state index contributed by atoms with van der Waals surface area (Å²) >= 11 is 0. The normalized spacial score (nSPS) is 16.2. The molecule has 1 saturated carbocycles. The topological polar surface area (TPSA) is 75.3 Å². The minimum Gasteiger partial charge on any atom is -0.348 e. The highest BCUT2D eigenvalue weighted by Crippen LogP contribution is 2.34. The summed E-state index contributed by atoms with van der Waals surface area (Å²) in [6, 6.07) is 27.6. The molecule has 0 aliphatic heterocycles. The van der Waals surface area contributed by atoms with Crippen LogP contribution >= 0.6 is 7.92 Å². The van der Waals surface area contributed by atoms with E-state index in [2.05, 4.69) is 34.3 Å². The van der Waals surface area contributed by atoms with Gasteiger partial charge < -0.3 is 5.32 Å². The average Bonchev–Trinajstić information content (AvgIpc) is 2.94. The van der Waals surface area contributed by atoms with E-state index in [0.29, 0.717) is 11.5 Å². The zero-order chi connectivity index (χ0) is 27.8. The van der Waals surface area contributed by atoms with Crippen LogP contribution < -0.4 is 26.0 Å². The SMILES string of the molecule is CC(C)[C@@H](CS(=O)(=O)N[C@H](C)C1CCCCC1)NC(=O)c1ccccc1P(c1ccccc1)c1ccccc1. The maximum Gasteiger partial charge on any atom is 0.252 e. The largest absolute Gasteiger partial charge is 0.348 e. The van der Waals surface area contributed by atoms with Gasteiger partial charge in [0.15, 0.2) is 0 Å². The Hall–Kier alpha value is -2.53. The fraction of sp³-hybridized carbons (Fsp3) is 0.406. The molecule has 5 nitrogen and oxygen atoms in total. The molecule has 0 unspecified atom stereocenters. The number of nitrogens with one attached hydrogen (secondary N) is 2. The Kier molecular flexibility index (Phi) is 10.3. The van der Waals surface area contributed by atoms with E-state index in [1.54, 1.807) is 0 Å². The quantitative estimate of drug-likeness (QED) is 0.319. The van der Waals surface area contributed by atoms with E-state index < -0.39 is 24.0 Å². The first kappa shape index (κ1) is 29.5. The van der Waals surface area contributed by atoms with E-state index in [1.165, 1.54) is 6.42 Å². The van der Waals surface area contributed by atoms with Crippen LogP contribution in [0.2, 0.25) is 0 Å². The molecule has 1 amide bonds. The van der Waals surface area contributed by atoms with Crippen molar-refractivity contribution in [2.45, 2.75) is 65.0 Å². The number of carbonyl (C=O) groups excluding carboxylic acids is 1. The van der Waals surface area contributed by atoms with Crippen LogP contribution in [0.1, 0.15) is 63.2 Å². The third-order valence-corrected chi connectivity index (χ3v) is 11.7. The van der Waals surface area contributed by atoms with Crippen LogP contribution in [0.5, 0.6) is 0 Å². The van der Waals surface area contributed by atoms with Crippen molar-refractivity contribution in [3.05, 3.63) is 90.5 Å². The lowest BCUT2D eigenvalue weighted by atomic mass is 9.85. The zero-order valence-corrected chi connectivity index (χ0v) is 24.9. The monoisotopic (exact) mass is 564 g/mol. The molecule has 1 fully saturated rings. The molecule has 2 atom stereocenters. The number of amides is 1. The summed E-state index contributed by atoms with van der Waals surface area (Å²) in [5.74, 6) is -0.0452. The lowest BCUT2D eigenvalue weighted by molar-refractivity contribution is 0.0932. The fourth-order valence-corrected chi connectivity index (χ4v) is 9.63. The van der Waals surface area contributed by atoms with Crippen molar-refractivity contribution in [3.63, 3.8) is 0 Å². The Balaban J connectivity index is 1.56. The van der Waals surface area contributed by atoms with Gasteiger partial charge in [0, 0.05) is 17.6 Å². The highest BCUT2D eigenvalue weighted by Gasteiger charge is 2.29. The molecule has 3 aromatic carbocycles. The smallest absolute Gasteiger partial charge is 0.252 e. The second-order valence-corrected chi connectivity index (χ2v) is 14.9. The van der Waals surface area contributed by atoms with Gasteiger partial charge in [-0.2, -0.15) is 0 Å². The van der Waals surface area contributed by atoms with E-state index in [0.717, 1.165) is 41.6 Å². The Morgan fingerprint density at radius 2 is 1.36 bits per heavy atom. The number of sulfonamides is 1. The van der Waals surface area contributed by atoms with Gasteiger partial charge >= 0.3 is 0 Å². The van der Waals surface area contributed by atoms with Gasteiger partial charge in [-0.3, -0.25) is 4.79 Å². The summed E-state index contributed by atoms with van der Waals surface area (Å²) < 4.78 is 29.3. The first-order chi connectivity index (χ1) is 18.7. The number of carbonyl (C=O) groups is 1. The number of benzene rings is 3. The Morgan fingerprint density at radius 3 is 1.92 bits per heavy atom. The molecule has 0 aromatic heterocycles. The van der Waals surface area contributed by atoms with Crippen molar-refractivity contribution in [1.82, 2.24) is 10.0 Å². The molecule has 0 radical (unpaired) electrons. The molecular weight excluding hydrogens is 523 g/mol. The van der Waals surface area contributed by atoms with Gasteiger partial charge in [-0.15, -0.1) is 0 Å². The first-order valence-electron chi connectivity index (χ1n) is 14.1. The van der Waals surface area contributed by atoms with E-state index >= 15 is 0 Å². The Morgan fingerprint density at radius 1 is 0.821 bits per heavy atom. The van der Waals surface area contributed by atoms with Crippen molar-refractivity contribution in [2.75, 3.05) is 5.75 Å². The third kappa shape index (κ3) is 8.00. The summed E-state index contributed by atoms with van der Waals surface area (Å²) in [5, 5.41) is 6.36. The predicted octanol–water partition coefficient (Wildman–Crippen LogP) is 5.09. The fourth-order valence-electron chi connectivity index (χ4n) is 5.39. The van der Waals surface area contributed by atoms with Gasteiger partial charge in [0.2, 0.25) is 10.0 Å². The second-order valence-electron chi connectivity index (χ2n) is 10.9. The van der Waals surface area contributed by atoms with E-state index in [-0.39, 0.29) is 23.6 Å². The van der Waals surface area contributed by atoms with Gasteiger partial charge in [0.25, 0.3) is 5.91 Å². The summed E-state index contributed by atoms with van der Waals surface area (Å²) in [6.07, 6.45) is 5.69. The Bertz CT molecular complexity index is 1270. The molecule has 0 heterocycles. The van der Waals surface area contributed by atoms with Crippen molar-refractivity contribution in [1.29, 1.82) is 0 Å². The maximum atomic E-state index is 13.8. The van der Waals surface area contributed by atoms with E-state index in [9.17, 15) is 13.2 Å². The molecule has 1 aliphatic carbocycles. The highest BCUT2D eigenvalue weighted by molar-refractivity contribution is 7.89. The molecule has 39 heavy (non-hydrogen) atoms. The van der Waals surface area contributed by atoms with E-state index in [4.69, 9.17) is 0 Å². The van der Waals surface area contributed by atoms with Gasteiger partial charge in [0.1, 0.15) is 0 Å². The van der Waals surface area contributed by atoms with Gasteiger partial charge in [-0.1, -0.05) is 112 Å². The molecule has 0 spiro atoms. The molecule has 0 bridgehead atoms. The summed E-state index contributed by atoms with van der Waals surface area (Å²) in [5.41, 5.74) is 0.586. The third-order valence-electron chi connectivity index (χ3n) is 7.66. The lowest BCUT2D eigenvalue weighted by Gasteiger charge is -2.29. The zero-order valence-electron chi connectivity index (χ0n) is 23.2. The van der Waals surface area contributed by atoms with Crippen LogP contribution in [0.4, 0.5) is 0 Å². The van der Waals surface area contributed by atoms with Crippen molar-refractivity contribution in [2.24, 2.45) is 11.8 Å².